The van der Waals surface area contributed by atoms with Crippen molar-refractivity contribution in [3.8, 4) is 0 Å². The summed E-state index contributed by atoms with van der Waals surface area (Å²) in [6.45, 7) is -0.114. The maximum absolute atomic E-state index is 12.3. The Bertz CT molecular complexity index is 458. The molecule has 0 aliphatic carbocycles. The molecule has 6 nitrogen and oxygen atoms in total. The number of nitrogens with zero attached hydrogens (tertiary/aromatic N) is 2. The van der Waals surface area contributed by atoms with Crippen molar-refractivity contribution in [3.63, 3.8) is 0 Å². The highest BCUT2D eigenvalue weighted by Crippen LogP contribution is 2.22. The second-order valence-corrected chi connectivity index (χ2v) is 6.01. The van der Waals surface area contributed by atoms with Gasteiger partial charge in [0.2, 0.25) is 17.7 Å². The third-order valence-electron chi connectivity index (χ3n) is 4.15. The molecular formula is C14H20F3N3O3. The van der Waals surface area contributed by atoms with Gasteiger partial charge in [-0.05, 0) is 31.8 Å². The summed E-state index contributed by atoms with van der Waals surface area (Å²) in [4.78, 5) is 36.9. The summed E-state index contributed by atoms with van der Waals surface area (Å²) in [5, 5.41) is 2.66. The number of hydrogen-bond acceptors (Lipinski definition) is 4. The number of amides is 3. The first-order chi connectivity index (χ1) is 10.7. The van der Waals surface area contributed by atoms with Crippen LogP contribution in [0.4, 0.5) is 13.2 Å². The molecule has 2 aliphatic rings. The Labute approximate surface area is 132 Å². The van der Waals surface area contributed by atoms with Gasteiger partial charge < -0.3 is 5.32 Å². The molecule has 0 unspecified atom stereocenters. The lowest BCUT2D eigenvalue weighted by molar-refractivity contribution is -0.148. The molecule has 0 atom stereocenters. The summed E-state index contributed by atoms with van der Waals surface area (Å²) in [5.74, 6) is -0.976. The second-order valence-electron chi connectivity index (χ2n) is 6.01. The summed E-state index contributed by atoms with van der Waals surface area (Å²) in [6, 6.07) is 0. The molecule has 0 aromatic rings. The van der Waals surface area contributed by atoms with E-state index in [-0.39, 0.29) is 37.1 Å². The Morgan fingerprint density at radius 1 is 1.13 bits per heavy atom. The van der Waals surface area contributed by atoms with Gasteiger partial charge in [-0.2, -0.15) is 13.2 Å². The van der Waals surface area contributed by atoms with E-state index >= 15 is 0 Å². The van der Waals surface area contributed by atoms with Crippen LogP contribution in [0.2, 0.25) is 0 Å². The highest BCUT2D eigenvalue weighted by atomic mass is 19.4. The van der Waals surface area contributed by atoms with Crippen LogP contribution < -0.4 is 5.32 Å². The molecule has 0 aromatic heterocycles. The van der Waals surface area contributed by atoms with Gasteiger partial charge in [0.05, 0.1) is 6.54 Å². The minimum absolute atomic E-state index is 0.119. The highest BCUT2D eigenvalue weighted by Gasteiger charge is 2.33. The number of alkyl halides is 3. The van der Waals surface area contributed by atoms with E-state index in [0.29, 0.717) is 32.5 Å². The molecule has 0 saturated carbocycles. The molecule has 0 radical (unpaired) electrons. The third-order valence-corrected chi connectivity index (χ3v) is 4.15. The van der Waals surface area contributed by atoms with Gasteiger partial charge in [-0.15, -0.1) is 0 Å². The van der Waals surface area contributed by atoms with Crippen LogP contribution in [0.5, 0.6) is 0 Å². The summed E-state index contributed by atoms with van der Waals surface area (Å²) in [5.41, 5.74) is 0. The molecule has 2 aliphatic heterocycles. The van der Waals surface area contributed by atoms with Gasteiger partial charge in [0.1, 0.15) is 6.54 Å². The number of carbonyl (C=O) groups is 3. The quantitative estimate of drug-likeness (QED) is 0.744. The lowest BCUT2D eigenvalue weighted by Gasteiger charge is -2.32. The molecule has 2 saturated heterocycles. The van der Waals surface area contributed by atoms with Crippen LogP contribution >= 0.6 is 0 Å². The smallest absolute Gasteiger partial charge is 0.354 e. The number of halogens is 3. The number of rotatable bonds is 5. The normalized spacial score (nSPS) is 21.1. The van der Waals surface area contributed by atoms with E-state index in [9.17, 15) is 27.6 Å². The maximum Gasteiger partial charge on any atom is 0.401 e. The number of piperidine rings is 1. The summed E-state index contributed by atoms with van der Waals surface area (Å²) in [7, 11) is 0. The van der Waals surface area contributed by atoms with Crippen LogP contribution in [-0.2, 0) is 14.4 Å². The lowest BCUT2D eigenvalue weighted by Crippen LogP contribution is -2.44. The third kappa shape index (κ3) is 5.49. The van der Waals surface area contributed by atoms with E-state index in [0.717, 1.165) is 4.90 Å². The molecule has 0 aromatic carbocycles. The van der Waals surface area contributed by atoms with E-state index in [1.54, 1.807) is 0 Å². The van der Waals surface area contributed by atoms with Gasteiger partial charge in [-0.1, -0.05) is 0 Å². The SMILES string of the molecule is O=C(CN1C(=O)CCC1=O)NCC1CCN(CC(F)(F)F)CC1. The number of likely N-dealkylation sites (tertiary alicyclic amines) is 2. The first-order valence-corrected chi connectivity index (χ1v) is 7.63. The Hall–Kier alpha value is -1.64. The van der Waals surface area contributed by atoms with Crippen molar-refractivity contribution in [2.75, 3.05) is 32.7 Å². The van der Waals surface area contributed by atoms with Crippen LogP contribution in [0, 0.1) is 5.92 Å². The van der Waals surface area contributed by atoms with Gasteiger partial charge >= 0.3 is 6.18 Å². The van der Waals surface area contributed by atoms with Gasteiger partial charge in [-0.25, -0.2) is 0 Å². The fourth-order valence-electron chi connectivity index (χ4n) is 2.86. The number of imide groups is 1. The van der Waals surface area contributed by atoms with E-state index in [4.69, 9.17) is 0 Å². The molecule has 3 amide bonds. The zero-order chi connectivity index (χ0) is 17.0. The minimum atomic E-state index is -4.18. The minimum Gasteiger partial charge on any atom is -0.354 e. The first kappa shape index (κ1) is 17.7. The zero-order valence-corrected chi connectivity index (χ0v) is 12.7. The first-order valence-electron chi connectivity index (χ1n) is 7.63. The number of nitrogens with one attached hydrogen (secondary N) is 1. The maximum atomic E-state index is 12.3. The molecule has 2 rings (SSSR count). The Balaban J connectivity index is 1.66. The molecule has 9 heteroatoms. The molecule has 2 fully saturated rings. The predicted molar refractivity (Wildman–Crippen MR) is 74.2 cm³/mol. The fourth-order valence-corrected chi connectivity index (χ4v) is 2.86. The van der Waals surface area contributed by atoms with E-state index < -0.39 is 18.6 Å². The zero-order valence-electron chi connectivity index (χ0n) is 12.7. The lowest BCUT2D eigenvalue weighted by atomic mass is 9.97. The predicted octanol–water partition coefficient (Wildman–Crippen LogP) is 0.526. The van der Waals surface area contributed by atoms with Gasteiger partial charge in [0, 0.05) is 19.4 Å². The summed E-state index contributed by atoms with van der Waals surface area (Å²) < 4.78 is 36.9. The highest BCUT2D eigenvalue weighted by molar-refractivity contribution is 6.04. The van der Waals surface area contributed by atoms with Crippen molar-refractivity contribution in [1.29, 1.82) is 0 Å². The van der Waals surface area contributed by atoms with Crippen LogP contribution in [0.1, 0.15) is 25.7 Å². The van der Waals surface area contributed by atoms with E-state index in [1.807, 2.05) is 0 Å². The van der Waals surface area contributed by atoms with Crippen molar-refractivity contribution in [2.45, 2.75) is 31.9 Å². The Morgan fingerprint density at radius 2 is 1.70 bits per heavy atom. The Morgan fingerprint density at radius 3 is 2.22 bits per heavy atom. The van der Waals surface area contributed by atoms with Gasteiger partial charge in [-0.3, -0.25) is 24.2 Å². The summed E-state index contributed by atoms with van der Waals surface area (Å²) in [6.07, 6.45) is -2.74. The van der Waals surface area contributed by atoms with Crippen molar-refractivity contribution < 1.29 is 27.6 Å². The monoisotopic (exact) mass is 335 g/mol. The molecule has 2 heterocycles. The molecule has 1 N–H and O–H groups in total. The average molecular weight is 335 g/mol. The summed E-state index contributed by atoms with van der Waals surface area (Å²) >= 11 is 0. The second kappa shape index (κ2) is 7.29. The van der Waals surface area contributed by atoms with Crippen molar-refractivity contribution in [3.05, 3.63) is 0 Å². The largest absolute Gasteiger partial charge is 0.401 e. The number of hydrogen-bond donors (Lipinski definition) is 1. The molecule has 130 valence electrons. The number of carbonyl (C=O) groups excluding carboxylic acids is 3. The molecule has 23 heavy (non-hydrogen) atoms. The molecule has 0 spiro atoms. The van der Waals surface area contributed by atoms with Crippen molar-refractivity contribution in [1.82, 2.24) is 15.1 Å². The van der Waals surface area contributed by atoms with Crippen molar-refractivity contribution >= 4 is 17.7 Å². The van der Waals surface area contributed by atoms with E-state index in [2.05, 4.69) is 5.32 Å². The fraction of sp³-hybridized carbons (Fsp3) is 0.786. The topological polar surface area (TPSA) is 69.7 Å². The van der Waals surface area contributed by atoms with Crippen LogP contribution in [0.15, 0.2) is 0 Å². The standard InChI is InChI=1S/C14H20F3N3O3/c15-14(16,17)9-19-5-3-10(4-6-19)7-18-11(21)8-20-12(22)1-2-13(20)23/h10H,1-9H2,(H,18,21). The van der Waals surface area contributed by atoms with Crippen LogP contribution in [0.25, 0.3) is 0 Å². The van der Waals surface area contributed by atoms with Crippen LogP contribution in [-0.4, -0.2) is 66.4 Å². The molecule has 0 bridgehead atoms. The van der Waals surface area contributed by atoms with Crippen molar-refractivity contribution in [2.24, 2.45) is 5.92 Å². The molecular weight excluding hydrogens is 315 g/mol. The van der Waals surface area contributed by atoms with Gasteiger partial charge in [0.25, 0.3) is 0 Å². The van der Waals surface area contributed by atoms with E-state index in [1.165, 1.54) is 4.90 Å². The average Bonchev–Trinajstić information content (AvgIpc) is 2.77. The van der Waals surface area contributed by atoms with Crippen LogP contribution in [0.3, 0.4) is 0 Å². The Kier molecular flexibility index (Phi) is 5.61. The van der Waals surface area contributed by atoms with Gasteiger partial charge in [0.15, 0.2) is 0 Å².